The number of nitrogens with two attached hydrogens (primary N) is 1. The molecule has 2 N–H and O–H groups in total. The zero-order valence-corrected chi connectivity index (χ0v) is 9.32. The number of ketones is 2. The van der Waals surface area contributed by atoms with Crippen LogP contribution in [0.3, 0.4) is 0 Å². The Balaban J connectivity index is 2.43. The number of hydrogen-bond donors (Lipinski definition) is 1. The number of carbonyl (C=O) groups excluding carboxylic acids is 2. The van der Waals surface area contributed by atoms with Gasteiger partial charge in [0, 0.05) is 12.1 Å². The minimum Gasteiger partial charge on any atom is -0.398 e. The standard InChI is InChI=1S/C13H15NO2/c1-13(7-6-9(15)8-12(13)16)10-4-2-3-5-11(10)14/h2-5H,6-8,14H2,1H3. The predicted molar refractivity (Wildman–Crippen MR) is 62.1 cm³/mol. The lowest BCUT2D eigenvalue weighted by molar-refractivity contribution is -0.133. The highest BCUT2D eigenvalue weighted by atomic mass is 16.1. The summed E-state index contributed by atoms with van der Waals surface area (Å²) < 4.78 is 0. The van der Waals surface area contributed by atoms with Crippen LogP contribution in [0.1, 0.15) is 31.7 Å². The molecule has 3 heteroatoms. The van der Waals surface area contributed by atoms with Crippen molar-refractivity contribution in [2.24, 2.45) is 0 Å². The number of para-hydroxylation sites is 1. The zero-order chi connectivity index (χ0) is 11.8. The van der Waals surface area contributed by atoms with Crippen LogP contribution in [0.5, 0.6) is 0 Å². The number of nitrogen functional groups attached to an aromatic ring is 1. The third kappa shape index (κ3) is 1.62. The first-order chi connectivity index (χ1) is 7.54. The van der Waals surface area contributed by atoms with Gasteiger partial charge in [-0.05, 0) is 25.0 Å². The summed E-state index contributed by atoms with van der Waals surface area (Å²) in [7, 11) is 0. The molecule has 0 aromatic heterocycles. The summed E-state index contributed by atoms with van der Waals surface area (Å²) >= 11 is 0. The van der Waals surface area contributed by atoms with Gasteiger partial charge in [0.05, 0.1) is 11.8 Å². The summed E-state index contributed by atoms with van der Waals surface area (Å²) in [6.07, 6.45) is 1.08. The Morgan fingerprint density at radius 1 is 1.25 bits per heavy atom. The van der Waals surface area contributed by atoms with Gasteiger partial charge in [-0.25, -0.2) is 0 Å². The van der Waals surface area contributed by atoms with Gasteiger partial charge < -0.3 is 5.73 Å². The van der Waals surface area contributed by atoms with E-state index in [1.54, 1.807) is 6.07 Å². The molecular formula is C13H15NO2. The molecule has 1 aromatic rings. The fraction of sp³-hybridized carbons (Fsp3) is 0.385. The lowest BCUT2D eigenvalue weighted by atomic mass is 9.69. The fourth-order valence-corrected chi connectivity index (χ4v) is 2.28. The molecule has 0 spiro atoms. The van der Waals surface area contributed by atoms with E-state index in [4.69, 9.17) is 5.73 Å². The molecule has 0 saturated heterocycles. The van der Waals surface area contributed by atoms with Crippen LogP contribution in [0.4, 0.5) is 5.69 Å². The van der Waals surface area contributed by atoms with Crippen LogP contribution in [0, 0.1) is 0 Å². The van der Waals surface area contributed by atoms with Crippen molar-refractivity contribution in [3.63, 3.8) is 0 Å². The average Bonchev–Trinajstić information content (AvgIpc) is 2.25. The van der Waals surface area contributed by atoms with Crippen molar-refractivity contribution >= 4 is 17.3 Å². The van der Waals surface area contributed by atoms with E-state index in [2.05, 4.69) is 0 Å². The van der Waals surface area contributed by atoms with Gasteiger partial charge >= 0.3 is 0 Å². The maximum absolute atomic E-state index is 12.0. The van der Waals surface area contributed by atoms with Gasteiger partial charge in [-0.1, -0.05) is 18.2 Å². The first-order valence-corrected chi connectivity index (χ1v) is 5.44. The van der Waals surface area contributed by atoms with Crippen LogP contribution in [-0.2, 0) is 15.0 Å². The Hall–Kier alpha value is -1.64. The number of rotatable bonds is 1. The van der Waals surface area contributed by atoms with E-state index >= 15 is 0 Å². The highest BCUT2D eigenvalue weighted by Crippen LogP contribution is 2.37. The number of anilines is 1. The lowest BCUT2D eigenvalue weighted by Crippen LogP contribution is -2.39. The summed E-state index contributed by atoms with van der Waals surface area (Å²) in [4.78, 5) is 23.2. The van der Waals surface area contributed by atoms with E-state index in [0.717, 1.165) is 5.56 Å². The first kappa shape index (κ1) is 10.9. The van der Waals surface area contributed by atoms with Crippen molar-refractivity contribution in [1.29, 1.82) is 0 Å². The van der Waals surface area contributed by atoms with Crippen molar-refractivity contribution in [2.75, 3.05) is 5.73 Å². The average molecular weight is 217 g/mol. The van der Waals surface area contributed by atoms with Crippen LogP contribution >= 0.6 is 0 Å². The monoisotopic (exact) mass is 217 g/mol. The van der Waals surface area contributed by atoms with Crippen molar-refractivity contribution in [2.45, 2.75) is 31.6 Å². The number of carbonyl (C=O) groups is 2. The summed E-state index contributed by atoms with van der Waals surface area (Å²) in [5, 5.41) is 0. The molecule has 1 aliphatic carbocycles. The molecule has 0 radical (unpaired) electrons. The Morgan fingerprint density at radius 3 is 2.56 bits per heavy atom. The molecule has 1 unspecified atom stereocenters. The summed E-state index contributed by atoms with van der Waals surface area (Å²) in [5.41, 5.74) is 6.80. The molecule has 3 nitrogen and oxygen atoms in total. The molecule has 0 bridgehead atoms. The van der Waals surface area contributed by atoms with Crippen LogP contribution < -0.4 is 5.73 Å². The Bertz CT molecular complexity index is 453. The van der Waals surface area contributed by atoms with Gasteiger partial charge in [0.1, 0.15) is 5.78 Å². The smallest absolute Gasteiger partial charge is 0.150 e. The summed E-state index contributed by atoms with van der Waals surface area (Å²) in [6, 6.07) is 7.40. The second kappa shape index (κ2) is 3.74. The van der Waals surface area contributed by atoms with E-state index in [1.807, 2.05) is 25.1 Å². The topological polar surface area (TPSA) is 60.2 Å². The fourth-order valence-electron chi connectivity index (χ4n) is 2.28. The lowest BCUT2D eigenvalue weighted by Gasteiger charge is -2.32. The second-order valence-corrected chi connectivity index (χ2v) is 4.56. The molecule has 16 heavy (non-hydrogen) atoms. The van der Waals surface area contributed by atoms with E-state index in [0.29, 0.717) is 18.5 Å². The van der Waals surface area contributed by atoms with E-state index in [9.17, 15) is 9.59 Å². The van der Waals surface area contributed by atoms with Gasteiger partial charge in [0.15, 0.2) is 5.78 Å². The number of hydrogen-bond acceptors (Lipinski definition) is 3. The van der Waals surface area contributed by atoms with Crippen LogP contribution in [-0.4, -0.2) is 11.6 Å². The minimum absolute atomic E-state index is 0.0124. The largest absolute Gasteiger partial charge is 0.398 e. The maximum atomic E-state index is 12.0. The molecule has 0 aliphatic heterocycles. The molecule has 1 aromatic carbocycles. The SMILES string of the molecule is CC1(c2ccccc2N)CCC(=O)CC1=O. The first-order valence-electron chi connectivity index (χ1n) is 5.44. The molecular weight excluding hydrogens is 202 g/mol. The van der Waals surface area contributed by atoms with Crippen LogP contribution in [0.2, 0.25) is 0 Å². The van der Waals surface area contributed by atoms with Gasteiger partial charge in [-0.3, -0.25) is 9.59 Å². The number of Topliss-reactive ketones (excluding diaryl/α,β-unsaturated/α-hetero) is 2. The van der Waals surface area contributed by atoms with Crippen molar-refractivity contribution in [3.8, 4) is 0 Å². The Morgan fingerprint density at radius 2 is 1.94 bits per heavy atom. The predicted octanol–water partition coefficient (Wildman–Crippen LogP) is 1.85. The molecule has 2 rings (SSSR count). The molecule has 1 atom stereocenters. The number of benzene rings is 1. The Labute approximate surface area is 94.6 Å². The molecule has 0 heterocycles. The van der Waals surface area contributed by atoms with Crippen molar-refractivity contribution < 1.29 is 9.59 Å². The van der Waals surface area contributed by atoms with Crippen molar-refractivity contribution in [1.82, 2.24) is 0 Å². The van der Waals surface area contributed by atoms with E-state index < -0.39 is 5.41 Å². The normalized spacial score (nSPS) is 25.8. The highest BCUT2D eigenvalue weighted by molar-refractivity contribution is 6.07. The van der Waals surface area contributed by atoms with Gasteiger partial charge in [0.25, 0.3) is 0 Å². The van der Waals surface area contributed by atoms with Crippen molar-refractivity contribution in [3.05, 3.63) is 29.8 Å². The van der Waals surface area contributed by atoms with E-state index in [1.165, 1.54) is 0 Å². The highest BCUT2D eigenvalue weighted by Gasteiger charge is 2.40. The minimum atomic E-state index is -0.584. The van der Waals surface area contributed by atoms with Gasteiger partial charge in [-0.2, -0.15) is 0 Å². The third-order valence-electron chi connectivity index (χ3n) is 3.43. The van der Waals surface area contributed by atoms with E-state index in [-0.39, 0.29) is 18.0 Å². The van der Waals surface area contributed by atoms with Crippen LogP contribution in [0.15, 0.2) is 24.3 Å². The second-order valence-electron chi connectivity index (χ2n) is 4.56. The quantitative estimate of drug-likeness (QED) is 0.577. The maximum Gasteiger partial charge on any atom is 0.150 e. The summed E-state index contributed by atoms with van der Waals surface area (Å²) in [6.45, 7) is 1.88. The third-order valence-corrected chi connectivity index (χ3v) is 3.43. The van der Waals surface area contributed by atoms with Crippen LogP contribution in [0.25, 0.3) is 0 Å². The molecule has 1 saturated carbocycles. The molecule has 0 amide bonds. The Kier molecular flexibility index (Phi) is 2.54. The van der Waals surface area contributed by atoms with Gasteiger partial charge in [-0.15, -0.1) is 0 Å². The zero-order valence-electron chi connectivity index (χ0n) is 9.32. The molecule has 1 fully saturated rings. The van der Waals surface area contributed by atoms with Gasteiger partial charge in [0.2, 0.25) is 0 Å². The molecule has 1 aliphatic rings. The summed E-state index contributed by atoms with van der Waals surface area (Å²) in [5.74, 6) is 0.0265. The molecule has 84 valence electrons.